The lowest BCUT2D eigenvalue weighted by molar-refractivity contribution is 0.603. The molecule has 0 amide bonds. The van der Waals surface area contributed by atoms with Gasteiger partial charge in [0.2, 0.25) is 0 Å². The zero-order valence-corrected chi connectivity index (χ0v) is 17.9. The maximum Gasteiger partial charge on any atom is 0.272 e. The largest absolute Gasteiger partial charge is 0.272 e. The molecule has 0 radical (unpaired) electrons. The maximum absolute atomic E-state index is 13.1. The predicted octanol–water partition coefficient (Wildman–Crippen LogP) is 6.35. The fraction of sp³-hybridized carbons (Fsp3) is 0.0500. The third kappa shape index (κ3) is 2.93. The van der Waals surface area contributed by atoms with Crippen LogP contribution in [0.1, 0.15) is 5.56 Å². The lowest BCUT2D eigenvalue weighted by Gasteiger charge is -2.07. The smallest absolute Gasteiger partial charge is 0.269 e. The van der Waals surface area contributed by atoms with Crippen molar-refractivity contribution in [2.45, 2.75) is 11.1 Å². The van der Waals surface area contributed by atoms with Crippen molar-refractivity contribution in [3.05, 3.63) is 65.5 Å². The number of para-hydroxylation sites is 1. The van der Waals surface area contributed by atoms with Crippen LogP contribution in [0.5, 0.6) is 0 Å². The molecule has 2 aromatic carbocycles. The van der Waals surface area contributed by atoms with Gasteiger partial charge in [-0.15, -0.1) is 34.0 Å². The zero-order valence-electron chi connectivity index (χ0n) is 14.7. The number of sulfonamides is 1. The Morgan fingerprint density at radius 2 is 1.68 bits per heavy atom. The van der Waals surface area contributed by atoms with Crippen molar-refractivity contribution in [3.8, 4) is 10.6 Å². The molecule has 28 heavy (non-hydrogen) atoms. The second-order valence-corrected chi connectivity index (χ2v) is 11.1. The first-order valence-corrected chi connectivity index (χ1v) is 12.5. The number of anilines is 1. The average Bonchev–Trinajstić information content (AvgIpc) is 3.38. The summed E-state index contributed by atoms with van der Waals surface area (Å²) in [4.78, 5) is 4.66. The number of aromatic nitrogens is 1. The van der Waals surface area contributed by atoms with E-state index in [0.29, 0.717) is 9.21 Å². The van der Waals surface area contributed by atoms with Gasteiger partial charge in [-0.3, -0.25) is 4.72 Å². The van der Waals surface area contributed by atoms with E-state index in [1.54, 1.807) is 11.3 Å². The van der Waals surface area contributed by atoms with Crippen LogP contribution in [0.15, 0.2) is 64.2 Å². The summed E-state index contributed by atoms with van der Waals surface area (Å²) in [7, 11) is -3.68. The van der Waals surface area contributed by atoms with Crippen molar-refractivity contribution in [2.24, 2.45) is 0 Å². The molecular formula is C20H14N2O2S4. The minimum absolute atomic E-state index is 0.359. The van der Waals surface area contributed by atoms with Gasteiger partial charge in [0.15, 0.2) is 0 Å². The van der Waals surface area contributed by atoms with E-state index in [0.717, 1.165) is 36.4 Å². The van der Waals surface area contributed by atoms with E-state index in [1.165, 1.54) is 22.7 Å². The lowest BCUT2D eigenvalue weighted by atomic mass is 10.2. The fourth-order valence-electron chi connectivity index (χ4n) is 3.12. The number of hydrogen-bond acceptors (Lipinski definition) is 6. The Labute approximate surface area is 174 Å². The molecule has 0 atom stereocenters. The number of fused-ring (bicyclic) bond motifs is 2. The van der Waals surface area contributed by atoms with Gasteiger partial charge >= 0.3 is 0 Å². The van der Waals surface area contributed by atoms with Crippen molar-refractivity contribution >= 4 is 69.3 Å². The van der Waals surface area contributed by atoms with E-state index in [4.69, 9.17) is 0 Å². The normalized spacial score (nSPS) is 12.0. The highest BCUT2D eigenvalue weighted by atomic mass is 32.2. The zero-order chi connectivity index (χ0) is 19.3. The molecule has 0 unspecified atom stereocenters. The molecular weight excluding hydrogens is 429 g/mol. The van der Waals surface area contributed by atoms with Gasteiger partial charge in [0, 0.05) is 10.3 Å². The van der Waals surface area contributed by atoms with Gasteiger partial charge in [-0.1, -0.05) is 30.3 Å². The third-order valence-corrected chi connectivity index (χ3v) is 9.73. The fourth-order valence-corrected chi connectivity index (χ4v) is 8.07. The third-order valence-electron chi connectivity index (χ3n) is 4.46. The van der Waals surface area contributed by atoms with Crippen LogP contribution in [0.2, 0.25) is 0 Å². The van der Waals surface area contributed by atoms with E-state index in [9.17, 15) is 8.42 Å². The standard InChI is InChI=1S/C20H14N2O2S4/c1-12-13-6-2-4-8-16(13)27-20(12)28(23,24)22-19-14(10-11-25-19)18-21-15-7-3-5-9-17(15)26-18/h2-11,22H,1H3. The number of nitrogens with one attached hydrogen (secondary N) is 1. The lowest BCUT2D eigenvalue weighted by Crippen LogP contribution is -2.12. The van der Waals surface area contributed by atoms with Crippen LogP contribution in [-0.4, -0.2) is 13.4 Å². The Balaban J connectivity index is 1.56. The molecule has 0 aliphatic heterocycles. The van der Waals surface area contributed by atoms with E-state index in [-0.39, 0.29) is 0 Å². The predicted molar refractivity (Wildman–Crippen MR) is 120 cm³/mol. The minimum Gasteiger partial charge on any atom is -0.269 e. The summed E-state index contributed by atoms with van der Waals surface area (Å²) < 4.78 is 31.5. The molecule has 140 valence electrons. The van der Waals surface area contributed by atoms with Gasteiger partial charge in [-0.05, 0) is 47.5 Å². The van der Waals surface area contributed by atoms with Gasteiger partial charge in [0.25, 0.3) is 10.0 Å². The van der Waals surface area contributed by atoms with Crippen LogP contribution in [0, 0.1) is 6.92 Å². The minimum atomic E-state index is -3.68. The number of nitrogens with zero attached hydrogens (tertiary/aromatic N) is 1. The molecule has 0 aliphatic rings. The number of thiophene rings is 2. The Morgan fingerprint density at radius 1 is 0.929 bits per heavy atom. The summed E-state index contributed by atoms with van der Waals surface area (Å²) >= 11 is 4.23. The van der Waals surface area contributed by atoms with E-state index in [2.05, 4.69) is 9.71 Å². The Bertz CT molecular complexity index is 1390. The number of benzene rings is 2. The van der Waals surface area contributed by atoms with Crippen molar-refractivity contribution in [1.29, 1.82) is 0 Å². The topological polar surface area (TPSA) is 59.1 Å². The first-order valence-electron chi connectivity index (χ1n) is 8.47. The van der Waals surface area contributed by atoms with Crippen LogP contribution in [-0.2, 0) is 10.0 Å². The number of thiazole rings is 1. The van der Waals surface area contributed by atoms with Crippen molar-refractivity contribution in [3.63, 3.8) is 0 Å². The second kappa shape index (κ2) is 6.66. The number of hydrogen-bond donors (Lipinski definition) is 1. The monoisotopic (exact) mass is 442 g/mol. The summed E-state index contributed by atoms with van der Waals surface area (Å²) in [6.45, 7) is 1.86. The first kappa shape index (κ1) is 17.8. The average molecular weight is 443 g/mol. The molecule has 4 nitrogen and oxygen atoms in total. The quantitative estimate of drug-likeness (QED) is 0.353. The number of aryl methyl sites for hydroxylation is 1. The number of rotatable bonds is 4. The van der Waals surface area contributed by atoms with Crippen LogP contribution in [0.3, 0.4) is 0 Å². The molecule has 5 aromatic rings. The Morgan fingerprint density at radius 3 is 2.46 bits per heavy atom. The van der Waals surface area contributed by atoms with Crippen LogP contribution < -0.4 is 4.72 Å². The second-order valence-electron chi connectivity index (χ2n) is 6.27. The van der Waals surface area contributed by atoms with E-state index < -0.39 is 10.0 Å². The molecule has 0 aliphatic carbocycles. The molecule has 3 heterocycles. The van der Waals surface area contributed by atoms with Crippen molar-refractivity contribution in [2.75, 3.05) is 4.72 Å². The van der Waals surface area contributed by atoms with Gasteiger partial charge in [-0.25, -0.2) is 13.4 Å². The van der Waals surface area contributed by atoms with Crippen LogP contribution >= 0.6 is 34.0 Å². The van der Waals surface area contributed by atoms with Gasteiger partial charge < -0.3 is 0 Å². The van der Waals surface area contributed by atoms with Crippen LogP contribution in [0.25, 0.3) is 30.9 Å². The molecule has 1 N–H and O–H groups in total. The highest BCUT2D eigenvalue weighted by molar-refractivity contribution is 7.95. The van der Waals surface area contributed by atoms with Gasteiger partial charge in [-0.2, -0.15) is 0 Å². The molecule has 3 aromatic heterocycles. The summed E-state index contributed by atoms with van der Waals surface area (Å²) in [6.07, 6.45) is 0. The Hall–Kier alpha value is -2.26. The van der Waals surface area contributed by atoms with Crippen molar-refractivity contribution < 1.29 is 8.42 Å². The molecule has 0 spiro atoms. The molecule has 0 bridgehead atoms. The molecule has 0 saturated heterocycles. The summed E-state index contributed by atoms with van der Waals surface area (Å²) in [5, 5.41) is 4.27. The highest BCUT2D eigenvalue weighted by Gasteiger charge is 2.24. The molecule has 0 fully saturated rings. The Kier molecular flexibility index (Phi) is 4.24. The summed E-state index contributed by atoms with van der Waals surface area (Å²) in [5.74, 6) is 0. The van der Waals surface area contributed by atoms with Gasteiger partial charge in [0.05, 0.1) is 10.2 Å². The van der Waals surface area contributed by atoms with E-state index in [1.807, 2.05) is 66.9 Å². The molecule has 5 rings (SSSR count). The maximum atomic E-state index is 13.1. The summed E-state index contributed by atoms with van der Waals surface area (Å²) in [5.41, 5.74) is 2.52. The SMILES string of the molecule is Cc1c(S(=O)(=O)Nc2sccc2-c2nc3ccccc3s2)sc2ccccc12. The molecule has 0 saturated carbocycles. The van der Waals surface area contributed by atoms with E-state index >= 15 is 0 Å². The first-order chi connectivity index (χ1) is 13.5. The van der Waals surface area contributed by atoms with Crippen molar-refractivity contribution in [1.82, 2.24) is 4.98 Å². The van der Waals surface area contributed by atoms with Gasteiger partial charge in [0.1, 0.15) is 14.2 Å². The highest BCUT2D eigenvalue weighted by Crippen LogP contribution is 2.40. The molecule has 8 heteroatoms. The van der Waals surface area contributed by atoms with Crippen LogP contribution in [0.4, 0.5) is 5.00 Å². The summed E-state index contributed by atoms with van der Waals surface area (Å²) in [6, 6.07) is 17.6.